The maximum absolute atomic E-state index is 11.4. The predicted octanol–water partition coefficient (Wildman–Crippen LogP) is 1.61. The van der Waals surface area contributed by atoms with Crippen LogP contribution in [0.25, 0.3) is 10.4 Å². The molecule has 0 aliphatic carbocycles. The lowest BCUT2D eigenvalue weighted by molar-refractivity contribution is 0.100. The Morgan fingerprint density at radius 1 is 1.37 bits per heavy atom. The molecule has 0 aromatic carbocycles. The van der Waals surface area contributed by atoms with Crippen molar-refractivity contribution in [1.29, 1.82) is 0 Å². The molecule has 0 aliphatic rings. The third-order valence-corrected chi connectivity index (χ3v) is 3.58. The van der Waals surface area contributed by atoms with Crippen LogP contribution in [0.1, 0.15) is 21.8 Å². The average Bonchev–Trinajstić information content (AvgIpc) is 2.82. The summed E-state index contributed by atoms with van der Waals surface area (Å²) in [5.41, 5.74) is 12.0. The van der Waals surface area contributed by atoms with Gasteiger partial charge in [-0.3, -0.25) is 10.1 Å². The quantitative estimate of drug-likeness (QED) is 0.789. The molecule has 100 valence electrons. The summed E-state index contributed by atoms with van der Waals surface area (Å²) >= 11 is 1.19. The van der Waals surface area contributed by atoms with Crippen LogP contribution in [-0.2, 0) is 0 Å². The molecule has 7 nitrogen and oxygen atoms in total. The Morgan fingerprint density at radius 3 is 2.53 bits per heavy atom. The first kappa shape index (κ1) is 13.1. The number of hydrogen-bond donors (Lipinski definition) is 3. The van der Waals surface area contributed by atoms with Gasteiger partial charge in [0.2, 0.25) is 0 Å². The standard InChI is InChI=1S/C11H12N4O3S/c1-4-8(5(2)18-15-4)7-3-6(9(12)16)10(19-7)14-11(13)17/h3H,1-2H3,(H2,12,16)(H3,13,14,17). The van der Waals surface area contributed by atoms with Crippen LogP contribution in [0.3, 0.4) is 0 Å². The van der Waals surface area contributed by atoms with E-state index in [0.717, 1.165) is 10.4 Å². The van der Waals surface area contributed by atoms with Crippen LogP contribution in [0.2, 0.25) is 0 Å². The second kappa shape index (κ2) is 4.73. The number of hydrogen-bond acceptors (Lipinski definition) is 5. The molecular formula is C11H12N4O3S. The lowest BCUT2D eigenvalue weighted by atomic mass is 10.1. The largest absolute Gasteiger partial charge is 0.366 e. The van der Waals surface area contributed by atoms with E-state index in [1.165, 1.54) is 11.3 Å². The molecule has 2 rings (SSSR count). The Hall–Kier alpha value is -2.35. The van der Waals surface area contributed by atoms with E-state index in [9.17, 15) is 9.59 Å². The zero-order valence-electron chi connectivity index (χ0n) is 10.3. The number of nitrogens with two attached hydrogens (primary N) is 2. The lowest BCUT2D eigenvalue weighted by Gasteiger charge is -1.98. The Morgan fingerprint density at radius 2 is 2.05 bits per heavy atom. The van der Waals surface area contributed by atoms with Gasteiger partial charge >= 0.3 is 6.03 Å². The first-order valence-corrected chi connectivity index (χ1v) is 6.15. The van der Waals surface area contributed by atoms with Crippen LogP contribution in [-0.4, -0.2) is 17.1 Å². The van der Waals surface area contributed by atoms with E-state index in [1.807, 2.05) is 0 Å². The van der Waals surface area contributed by atoms with Crippen molar-refractivity contribution in [2.24, 2.45) is 11.5 Å². The highest BCUT2D eigenvalue weighted by atomic mass is 32.1. The average molecular weight is 280 g/mol. The van der Waals surface area contributed by atoms with Crippen molar-refractivity contribution in [3.05, 3.63) is 23.1 Å². The summed E-state index contributed by atoms with van der Waals surface area (Å²) in [6, 6.07) is 0.833. The third-order valence-electron chi connectivity index (χ3n) is 2.51. The van der Waals surface area contributed by atoms with Gasteiger partial charge in [0.05, 0.1) is 16.8 Å². The van der Waals surface area contributed by atoms with Crippen LogP contribution in [0.4, 0.5) is 9.80 Å². The van der Waals surface area contributed by atoms with E-state index in [-0.39, 0.29) is 5.56 Å². The number of nitrogens with zero attached hydrogens (tertiary/aromatic N) is 1. The second-order valence-corrected chi connectivity index (χ2v) is 4.96. The smallest absolute Gasteiger partial charge is 0.317 e. The maximum atomic E-state index is 11.4. The number of anilines is 1. The first-order chi connectivity index (χ1) is 8.90. The van der Waals surface area contributed by atoms with Gasteiger partial charge in [-0.15, -0.1) is 11.3 Å². The molecule has 19 heavy (non-hydrogen) atoms. The number of urea groups is 1. The fourth-order valence-electron chi connectivity index (χ4n) is 1.74. The SMILES string of the molecule is Cc1noc(C)c1-c1cc(C(N)=O)c(NC(N)=O)s1. The number of carbonyl (C=O) groups excluding carboxylic acids is 2. The molecule has 3 amide bonds. The van der Waals surface area contributed by atoms with Crippen molar-refractivity contribution < 1.29 is 14.1 Å². The number of nitrogens with one attached hydrogen (secondary N) is 1. The summed E-state index contributed by atoms with van der Waals surface area (Å²) in [6.45, 7) is 3.55. The van der Waals surface area contributed by atoms with E-state index < -0.39 is 11.9 Å². The van der Waals surface area contributed by atoms with Gasteiger partial charge in [-0.05, 0) is 19.9 Å². The number of thiophene rings is 1. The van der Waals surface area contributed by atoms with Crippen molar-refractivity contribution in [2.45, 2.75) is 13.8 Å². The monoisotopic (exact) mass is 280 g/mol. The Labute approximate surface area is 112 Å². The minimum absolute atomic E-state index is 0.207. The number of primary amides is 2. The van der Waals surface area contributed by atoms with E-state index in [1.54, 1.807) is 19.9 Å². The van der Waals surface area contributed by atoms with Gasteiger partial charge in [0.25, 0.3) is 5.91 Å². The summed E-state index contributed by atoms with van der Waals surface area (Å²) in [5, 5.41) is 6.54. The normalized spacial score (nSPS) is 10.4. The highest BCUT2D eigenvalue weighted by Gasteiger charge is 2.20. The van der Waals surface area contributed by atoms with Gasteiger partial charge in [0, 0.05) is 4.88 Å². The van der Waals surface area contributed by atoms with Gasteiger partial charge in [0.1, 0.15) is 10.8 Å². The zero-order chi connectivity index (χ0) is 14.2. The van der Waals surface area contributed by atoms with Crippen LogP contribution < -0.4 is 16.8 Å². The van der Waals surface area contributed by atoms with Crippen molar-refractivity contribution >= 4 is 28.3 Å². The molecule has 0 saturated heterocycles. The Balaban J connectivity index is 2.55. The molecule has 2 aromatic heterocycles. The van der Waals surface area contributed by atoms with Gasteiger partial charge in [-0.1, -0.05) is 5.16 Å². The number of rotatable bonds is 3. The Bertz CT molecular complexity index is 639. The van der Waals surface area contributed by atoms with E-state index in [0.29, 0.717) is 16.5 Å². The number of aromatic nitrogens is 1. The van der Waals surface area contributed by atoms with Crippen LogP contribution in [0.15, 0.2) is 10.6 Å². The molecule has 5 N–H and O–H groups in total. The van der Waals surface area contributed by atoms with Crippen molar-refractivity contribution in [3.8, 4) is 10.4 Å². The van der Waals surface area contributed by atoms with Crippen molar-refractivity contribution in [1.82, 2.24) is 5.16 Å². The minimum Gasteiger partial charge on any atom is -0.366 e. The molecular weight excluding hydrogens is 268 g/mol. The summed E-state index contributed by atoms with van der Waals surface area (Å²) < 4.78 is 5.07. The van der Waals surface area contributed by atoms with E-state index in [2.05, 4.69) is 10.5 Å². The highest BCUT2D eigenvalue weighted by Crippen LogP contribution is 2.38. The maximum Gasteiger partial charge on any atom is 0.317 e. The Kier molecular flexibility index (Phi) is 3.26. The fraction of sp³-hybridized carbons (Fsp3) is 0.182. The molecule has 0 fully saturated rings. The topological polar surface area (TPSA) is 124 Å². The van der Waals surface area contributed by atoms with Crippen molar-refractivity contribution in [3.63, 3.8) is 0 Å². The highest BCUT2D eigenvalue weighted by molar-refractivity contribution is 7.20. The number of aryl methyl sites for hydroxylation is 2. The summed E-state index contributed by atoms with van der Waals surface area (Å²) in [6.07, 6.45) is 0. The van der Waals surface area contributed by atoms with Crippen LogP contribution >= 0.6 is 11.3 Å². The van der Waals surface area contributed by atoms with Gasteiger partial charge in [-0.25, -0.2) is 4.79 Å². The first-order valence-electron chi connectivity index (χ1n) is 5.33. The van der Waals surface area contributed by atoms with Gasteiger partial charge < -0.3 is 16.0 Å². The lowest BCUT2D eigenvalue weighted by Crippen LogP contribution is -2.21. The molecule has 2 heterocycles. The summed E-state index contributed by atoms with van der Waals surface area (Å²) in [5.74, 6) is -0.0154. The molecule has 0 spiro atoms. The molecule has 0 unspecified atom stereocenters. The van der Waals surface area contributed by atoms with Crippen LogP contribution in [0, 0.1) is 13.8 Å². The minimum atomic E-state index is -0.755. The summed E-state index contributed by atoms with van der Waals surface area (Å²) in [4.78, 5) is 23.0. The number of carbonyl (C=O) groups is 2. The second-order valence-electron chi connectivity index (χ2n) is 3.91. The third kappa shape index (κ3) is 2.43. The predicted molar refractivity (Wildman–Crippen MR) is 71.0 cm³/mol. The zero-order valence-corrected chi connectivity index (χ0v) is 11.1. The molecule has 0 atom stereocenters. The fourth-order valence-corrected chi connectivity index (χ4v) is 2.95. The molecule has 0 bridgehead atoms. The van der Waals surface area contributed by atoms with Crippen molar-refractivity contribution in [2.75, 3.05) is 5.32 Å². The molecule has 2 aromatic rings. The van der Waals surface area contributed by atoms with Gasteiger partial charge in [0.15, 0.2) is 0 Å². The molecule has 0 aliphatic heterocycles. The molecule has 0 radical (unpaired) electrons. The molecule has 8 heteroatoms. The van der Waals surface area contributed by atoms with E-state index >= 15 is 0 Å². The molecule has 0 saturated carbocycles. The van der Waals surface area contributed by atoms with E-state index in [4.69, 9.17) is 16.0 Å². The summed E-state index contributed by atoms with van der Waals surface area (Å²) in [7, 11) is 0. The van der Waals surface area contributed by atoms with Crippen LogP contribution in [0.5, 0.6) is 0 Å². The van der Waals surface area contributed by atoms with Gasteiger partial charge in [-0.2, -0.15) is 0 Å². The number of amides is 3.